The van der Waals surface area contributed by atoms with E-state index in [1.807, 2.05) is 30.3 Å². The molecule has 1 aliphatic heterocycles. The van der Waals surface area contributed by atoms with Gasteiger partial charge in [-0.15, -0.1) is 0 Å². The van der Waals surface area contributed by atoms with E-state index in [1.165, 1.54) is 0 Å². The molecular formula is C23H22N4O4. The van der Waals surface area contributed by atoms with Crippen molar-refractivity contribution >= 4 is 27.9 Å². The summed E-state index contributed by atoms with van der Waals surface area (Å²) < 4.78 is 10.6. The first-order valence-electron chi connectivity index (χ1n) is 10.2. The van der Waals surface area contributed by atoms with E-state index in [2.05, 4.69) is 14.9 Å². The van der Waals surface area contributed by atoms with Crippen molar-refractivity contribution in [3.8, 4) is 5.75 Å². The van der Waals surface area contributed by atoms with Crippen LogP contribution >= 0.6 is 0 Å². The van der Waals surface area contributed by atoms with E-state index in [1.54, 1.807) is 30.2 Å². The van der Waals surface area contributed by atoms with Gasteiger partial charge in [-0.3, -0.25) is 9.69 Å². The highest BCUT2D eigenvalue weighted by Crippen LogP contribution is 2.20. The highest BCUT2D eigenvalue weighted by atomic mass is 16.5. The number of methoxy groups -OCH3 is 1. The fourth-order valence-corrected chi connectivity index (χ4v) is 3.95. The van der Waals surface area contributed by atoms with Crippen LogP contribution in [0.1, 0.15) is 16.2 Å². The Morgan fingerprint density at radius 2 is 1.94 bits per heavy atom. The first kappa shape index (κ1) is 19.3. The summed E-state index contributed by atoms with van der Waals surface area (Å²) >= 11 is 0. The number of nitrogens with zero attached hydrogens (tertiary/aromatic N) is 3. The molecule has 0 bridgehead atoms. The van der Waals surface area contributed by atoms with Crippen LogP contribution in [0.5, 0.6) is 5.75 Å². The average Bonchev–Trinajstić information content (AvgIpc) is 3.20. The SMILES string of the molecule is COc1ccc2nc(CN3CCN(C(=O)c4cc5ccccc5oc4=O)CC3)[nH]c2c1. The summed E-state index contributed by atoms with van der Waals surface area (Å²) in [6, 6.07) is 14.6. The first-order valence-corrected chi connectivity index (χ1v) is 10.2. The number of ether oxygens (including phenoxy) is 1. The van der Waals surface area contributed by atoms with E-state index < -0.39 is 5.63 Å². The number of carbonyl (C=O) groups excluding carboxylic acids is 1. The van der Waals surface area contributed by atoms with Gasteiger partial charge in [-0.05, 0) is 24.3 Å². The normalized spacial score (nSPS) is 14.9. The van der Waals surface area contributed by atoms with Gasteiger partial charge in [0.1, 0.15) is 22.7 Å². The standard InChI is InChI=1S/C23H22N4O4/c1-30-16-6-7-18-19(13-16)25-21(24-18)14-26-8-10-27(11-9-26)22(28)17-12-15-4-2-3-5-20(15)31-23(17)29/h2-7,12-13H,8-11,14H2,1H3,(H,24,25). The molecule has 1 aliphatic rings. The number of imidazole rings is 1. The highest BCUT2D eigenvalue weighted by Gasteiger charge is 2.25. The van der Waals surface area contributed by atoms with Gasteiger partial charge in [-0.25, -0.2) is 9.78 Å². The minimum absolute atomic E-state index is 0.0818. The number of nitrogens with one attached hydrogen (secondary N) is 1. The molecule has 2 aromatic heterocycles. The second-order valence-corrected chi connectivity index (χ2v) is 7.62. The first-order chi connectivity index (χ1) is 15.1. The summed E-state index contributed by atoms with van der Waals surface area (Å²) in [6.45, 7) is 3.14. The molecule has 1 N–H and O–H groups in total. The van der Waals surface area contributed by atoms with Gasteiger partial charge in [-0.1, -0.05) is 18.2 Å². The molecule has 5 rings (SSSR count). The third kappa shape index (κ3) is 3.77. The van der Waals surface area contributed by atoms with E-state index in [9.17, 15) is 9.59 Å². The van der Waals surface area contributed by atoms with Gasteiger partial charge < -0.3 is 19.0 Å². The van der Waals surface area contributed by atoms with Crippen LogP contribution in [-0.2, 0) is 6.54 Å². The Hall–Kier alpha value is -3.65. The zero-order chi connectivity index (χ0) is 21.4. The van der Waals surface area contributed by atoms with Crippen molar-refractivity contribution in [3.63, 3.8) is 0 Å². The molecule has 4 aromatic rings. The highest BCUT2D eigenvalue weighted by molar-refractivity contribution is 5.96. The van der Waals surface area contributed by atoms with Crippen LogP contribution < -0.4 is 10.4 Å². The van der Waals surface area contributed by atoms with Gasteiger partial charge in [0.25, 0.3) is 5.91 Å². The van der Waals surface area contributed by atoms with Crippen molar-refractivity contribution in [1.82, 2.24) is 19.8 Å². The predicted molar refractivity (Wildman–Crippen MR) is 116 cm³/mol. The van der Waals surface area contributed by atoms with Crippen molar-refractivity contribution in [2.45, 2.75) is 6.54 Å². The topological polar surface area (TPSA) is 91.7 Å². The number of para-hydroxylation sites is 1. The Labute approximate surface area is 178 Å². The molecule has 0 atom stereocenters. The predicted octanol–water partition coefficient (Wildman–Crippen LogP) is 2.64. The monoisotopic (exact) mass is 418 g/mol. The summed E-state index contributed by atoms with van der Waals surface area (Å²) in [7, 11) is 1.64. The Bertz CT molecular complexity index is 1320. The lowest BCUT2D eigenvalue weighted by Crippen LogP contribution is -2.49. The van der Waals surface area contributed by atoms with E-state index >= 15 is 0 Å². The Balaban J connectivity index is 1.25. The number of fused-ring (bicyclic) bond motifs is 2. The molecule has 1 amide bonds. The largest absolute Gasteiger partial charge is 0.497 e. The summed E-state index contributed by atoms with van der Waals surface area (Å²) in [4.78, 5) is 37.2. The number of amides is 1. The van der Waals surface area contributed by atoms with Crippen LogP contribution in [0.25, 0.3) is 22.0 Å². The Kier molecular flexibility index (Phi) is 4.91. The van der Waals surface area contributed by atoms with Crippen LogP contribution in [0.4, 0.5) is 0 Å². The molecule has 0 radical (unpaired) electrons. The van der Waals surface area contributed by atoms with Gasteiger partial charge >= 0.3 is 5.63 Å². The number of aromatic amines is 1. The van der Waals surface area contributed by atoms with Gasteiger partial charge in [-0.2, -0.15) is 0 Å². The average molecular weight is 418 g/mol. The minimum Gasteiger partial charge on any atom is -0.497 e. The molecule has 8 heteroatoms. The molecule has 2 aromatic carbocycles. The lowest BCUT2D eigenvalue weighted by atomic mass is 10.1. The Morgan fingerprint density at radius 1 is 1.13 bits per heavy atom. The van der Waals surface area contributed by atoms with Crippen LogP contribution in [0.2, 0.25) is 0 Å². The molecular weight excluding hydrogens is 396 g/mol. The zero-order valence-corrected chi connectivity index (χ0v) is 17.1. The van der Waals surface area contributed by atoms with Gasteiger partial charge in [0.2, 0.25) is 0 Å². The number of carbonyl (C=O) groups is 1. The summed E-state index contributed by atoms with van der Waals surface area (Å²) in [6.07, 6.45) is 0. The van der Waals surface area contributed by atoms with Crippen LogP contribution in [0.15, 0.2) is 57.7 Å². The lowest BCUT2D eigenvalue weighted by Gasteiger charge is -2.34. The fourth-order valence-electron chi connectivity index (χ4n) is 3.95. The Morgan fingerprint density at radius 3 is 2.74 bits per heavy atom. The summed E-state index contributed by atoms with van der Waals surface area (Å²) in [5.74, 6) is 1.38. The number of H-pyrrole nitrogens is 1. The third-order valence-electron chi connectivity index (χ3n) is 5.64. The summed E-state index contributed by atoms with van der Waals surface area (Å²) in [5.41, 5.74) is 1.80. The van der Waals surface area contributed by atoms with Crippen molar-refractivity contribution in [2.24, 2.45) is 0 Å². The number of rotatable bonds is 4. The maximum atomic E-state index is 12.9. The van der Waals surface area contributed by atoms with E-state index in [0.29, 0.717) is 38.3 Å². The number of piperazine rings is 1. The minimum atomic E-state index is -0.594. The quantitative estimate of drug-likeness (QED) is 0.513. The third-order valence-corrected chi connectivity index (χ3v) is 5.64. The van der Waals surface area contributed by atoms with Crippen molar-refractivity contribution in [1.29, 1.82) is 0 Å². The second-order valence-electron chi connectivity index (χ2n) is 7.62. The second kappa shape index (κ2) is 7.88. The molecule has 158 valence electrons. The molecule has 0 aliphatic carbocycles. The van der Waals surface area contributed by atoms with Crippen LogP contribution in [-0.4, -0.2) is 59.0 Å². The maximum Gasteiger partial charge on any atom is 0.349 e. The van der Waals surface area contributed by atoms with Crippen molar-refractivity contribution < 1.29 is 13.9 Å². The molecule has 31 heavy (non-hydrogen) atoms. The summed E-state index contributed by atoms with van der Waals surface area (Å²) in [5, 5.41) is 0.741. The molecule has 8 nitrogen and oxygen atoms in total. The van der Waals surface area contributed by atoms with E-state index in [4.69, 9.17) is 9.15 Å². The molecule has 1 saturated heterocycles. The van der Waals surface area contributed by atoms with E-state index in [-0.39, 0.29) is 11.5 Å². The molecule has 0 unspecified atom stereocenters. The smallest absolute Gasteiger partial charge is 0.349 e. The van der Waals surface area contributed by atoms with Crippen molar-refractivity contribution in [2.75, 3.05) is 33.3 Å². The lowest BCUT2D eigenvalue weighted by molar-refractivity contribution is 0.0622. The molecule has 0 spiro atoms. The number of hydrogen-bond acceptors (Lipinski definition) is 6. The van der Waals surface area contributed by atoms with Crippen LogP contribution in [0.3, 0.4) is 0 Å². The number of benzene rings is 2. The molecule has 1 fully saturated rings. The fraction of sp³-hybridized carbons (Fsp3) is 0.261. The van der Waals surface area contributed by atoms with E-state index in [0.717, 1.165) is 28.0 Å². The van der Waals surface area contributed by atoms with Gasteiger partial charge in [0, 0.05) is 37.6 Å². The van der Waals surface area contributed by atoms with Gasteiger partial charge in [0.15, 0.2) is 0 Å². The van der Waals surface area contributed by atoms with Gasteiger partial charge in [0.05, 0.1) is 24.7 Å². The molecule has 0 saturated carbocycles. The van der Waals surface area contributed by atoms with Crippen LogP contribution in [0, 0.1) is 0 Å². The zero-order valence-electron chi connectivity index (χ0n) is 17.1. The maximum absolute atomic E-state index is 12.9. The van der Waals surface area contributed by atoms with Crippen molar-refractivity contribution in [3.05, 3.63) is 70.3 Å². The molecule has 3 heterocycles. The number of hydrogen-bond donors (Lipinski definition) is 1. The number of aromatic nitrogens is 2.